The van der Waals surface area contributed by atoms with Crippen LogP contribution in [0.25, 0.3) is 0 Å². The molecule has 3 aliphatic rings. The molecule has 3 saturated heterocycles. The number of likely N-dealkylation sites (tertiary alicyclic amines) is 1. The zero-order chi connectivity index (χ0) is 19.5. The maximum atomic E-state index is 13.3. The van der Waals surface area contributed by atoms with E-state index in [2.05, 4.69) is 5.10 Å². The number of nitrogens with zero attached hydrogens (tertiary/aromatic N) is 4. The van der Waals surface area contributed by atoms with Crippen LogP contribution in [0.15, 0.2) is 36.4 Å². The van der Waals surface area contributed by atoms with Crippen molar-refractivity contribution in [1.82, 2.24) is 19.6 Å². The zero-order valence-electron chi connectivity index (χ0n) is 16.2. The van der Waals surface area contributed by atoms with Gasteiger partial charge in [-0.05, 0) is 25.5 Å². The lowest BCUT2D eigenvalue weighted by Gasteiger charge is -2.33. The summed E-state index contributed by atoms with van der Waals surface area (Å²) in [6, 6.07) is 11.5. The topological polar surface area (TPSA) is 67.7 Å². The summed E-state index contributed by atoms with van der Waals surface area (Å²) in [4.78, 5) is 30.0. The molecule has 0 unspecified atom stereocenters. The monoisotopic (exact) mass is 380 g/mol. The van der Waals surface area contributed by atoms with Crippen molar-refractivity contribution in [2.45, 2.75) is 51.0 Å². The Bertz CT molecular complexity index is 940. The Kier molecular flexibility index (Phi) is 3.84. The predicted molar refractivity (Wildman–Crippen MR) is 101 cm³/mol. The summed E-state index contributed by atoms with van der Waals surface area (Å²) in [5.41, 5.74) is 1.79. The highest BCUT2D eigenvalue weighted by Crippen LogP contribution is 2.51. The molecule has 0 N–H and O–H groups in total. The maximum absolute atomic E-state index is 13.3. The van der Waals surface area contributed by atoms with Crippen LogP contribution in [-0.4, -0.2) is 56.3 Å². The Morgan fingerprint density at radius 3 is 2.86 bits per heavy atom. The lowest BCUT2D eigenvalue weighted by molar-refractivity contribution is -0.138. The highest BCUT2D eigenvalue weighted by Gasteiger charge is 2.65. The van der Waals surface area contributed by atoms with Crippen LogP contribution >= 0.6 is 0 Å². The molecule has 5 rings (SSSR count). The van der Waals surface area contributed by atoms with Crippen LogP contribution in [-0.2, 0) is 16.1 Å². The third-order valence-electron chi connectivity index (χ3n) is 6.32. The summed E-state index contributed by atoms with van der Waals surface area (Å²) in [6.07, 6.45) is 0.964. The number of rotatable bonds is 3. The molecule has 7 nitrogen and oxygen atoms in total. The van der Waals surface area contributed by atoms with Gasteiger partial charge >= 0.3 is 0 Å². The van der Waals surface area contributed by atoms with E-state index >= 15 is 0 Å². The van der Waals surface area contributed by atoms with Gasteiger partial charge in [0.15, 0.2) is 5.72 Å². The summed E-state index contributed by atoms with van der Waals surface area (Å²) >= 11 is 0. The van der Waals surface area contributed by atoms with E-state index < -0.39 is 5.72 Å². The van der Waals surface area contributed by atoms with Crippen LogP contribution < -0.4 is 0 Å². The molecule has 2 amide bonds. The lowest BCUT2D eigenvalue weighted by Crippen LogP contribution is -2.49. The number of benzene rings is 1. The quantitative estimate of drug-likeness (QED) is 0.818. The first-order valence-electron chi connectivity index (χ1n) is 9.91. The van der Waals surface area contributed by atoms with Crippen LogP contribution in [0, 0.1) is 6.92 Å². The molecular weight excluding hydrogens is 356 g/mol. The maximum Gasteiger partial charge on any atom is 0.272 e. The predicted octanol–water partition coefficient (Wildman–Crippen LogP) is 2.13. The van der Waals surface area contributed by atoms with Crippen molar-refractivity contribution in [3.8, 4) is 0 Å². The van der Waals surface area contributed by atoms with E-state index in [0.29, 0.717) is 38.2 Å². The summed E-state index contributed by atoms with van der Waals surface area (Å²) in [7, 11) is 0. The van der Waals surface area contributed by atoms with Gasteiger partial charge in [-0.2, -0.15) is 5.10 Å². The van der Waals surface area contributed by atoms with Crippen molar-refractivity contribution in [2.75, 3.05) is 13.2 Å². The second kappa shape index (κ2) is 6.17. The van der Waals surface area contributed by atoms with Crippen molar-refractivity contribution in [1.29, 1.82) is 0 Å². The van der Waals surface area contributed by atoms with E-state index in [0.717, 1.165) is 11.3 Å². The Labute approximate surface area is 163 Å². The molecule has 1 spiro atoms. The number of aromatic nitrogens is 2. The van der Waals surface area contributed by atoms with Gasteiger partial charge in [0.2, 0.25) is 5.91 Å². The first-order valence-corrected chi connectivity index (χ1v) is 9.91. The fourth-order valence-electron chi connectivity index (χ4n) is 5.11. The molecule has 0 saturated carbocycles. The average molecular weight is 380 g/mol. The smallest absolute Gasteiger partial charge is 0.272 e. The molecular formula is C21H24N4O3. The van der Waals surface area contributed by atoms with Crippen LogP contribution in [0.4, 0.5) is 0 Å². The van der Waals surface area contributed by atoms with Gasteiger partial charge in [-0.3, -0.25) is 14.3 Å². The standard InChI is InChI=1S/C21H24N4O3/c1-3-24-16(11-14(2)22-24)20(27)23-10-9-21-18(23)12-19(26)25(21)17(13-28-21)15-7-5-4-6-8-15/h4-8,11,17-18H,3,9-10,12-13H2,1-2H3/t17-,18+,21-/m0/s1. The van der Waals surface area contributed by atoms with Crippen LogP contribution in [0.3, 0.4) is 0 Å². The third kappa shape index (κ3) is 2.29. The molecule has 0 aliphatic carbocycles. The van der Waals surface area contributed by atoms with Crippen molar-refractivity contribution in [2.24, 2.45) is 0 Å². The molecule has 0 bridgehead atoms. The first kappa shape index (κ1) is 17.4. The molecule has 1 aromatic heterocycles. The first-order chi connectivity index (χ1) is 13.5. The SMILES string of the molecule is CCn1nc(C)cc1C(=O)N1CC[C@@]23OC[C@@H](c4ccccc4)N2C(=O)C[C@@H]13. The van der Waals surface area contributed by atoms with Crippen molar-refractivity contribution < 1.29 is 14.3 Å². The number of hydrogen-bond donors (Lipinski definition) is 0. The number of carbonyl (C=O) groups excluding carboxylic acids is 2. The van der Waals surface area contributed by atoms with Crippen molar-refractivity contribution in [3.05, 3.63) is 53.3 Å². The summed E-state index contributed by atoms with van der Waals surface area (Å²) in [5, 5.41) is 4.40. The highest BCUT2D eigenvalue weighted by atomic mass is 16.5. The van der Waals surface area contributed by atoms with E-state index in [1.54, 1.807) is 4.68 Å². The Morgan fingerprint density at radius 2 is 2.11 bits per heavy atom. The summed E-state index contributed by atoms with van der Waals surface area (Å²) < 4.78 is 8.03. The number of ether oxygens (including phenoxy) is 1. The van der Waals surface area contributed by atoms with Gasteiger partial charge < -0.3 is 14.5 Å². The fraction of sp³-hybridized carbons (Fsp3) is 0.476. The number of carbonyl (C=O) groups is 2. The van der Waals surface area contributed by atoms with Gasteiger partial charge in [0, 0.05) is 19.5 Å². The second-order valence-electron chi connectivity index (χ2n) is 7.80. The Hall–Kier alpha value is -2.67. The summed E-state index contributed by atoms with van der Waals surface area (Å²) in [6.45, 7) is 5.55. The molecule has 2 aromatic rings. The molecule has 3 atom stereocenters. The number of amides is 2. The van der Waals surface area contributed by atoms with Crippen LogP contribution in [0.1, 0.15) is 47.6 Å². The van der Waals surface area contributed by atoms with Gasteiger partial charge in [0.05, 0.1) is 30.8 Å². The van der Waals surface area contributed by atoms with Gasteiger partial charge in [-0.25, -0.2) is 0 Å². The van der Waals surface area contributed by atoms with Gasteiger partial charge in [-0.15, -0.1) is 0 Å². The normalized spacial score (nSPS) is 28.7. The minimum atomic E-state index is -0.695. The van der Waals surface area contributed by atoms with E-state index in [4.69, 9.17) is 4.74 Å². The van der Waals surface area contributed by atoms with Crippen molar-refractivity contribution in [3.63, 3.8) is 0 Å². The zero-order valence-corrected chi connectivity index (χ0v) is 16.2. The van der Waals surface area contributed by atoms with Gasteiger partial charge in [0.1, 0.15) is 5.69 Å². The molecule has 0 radical (unpaired) electrons. The highest BCUT2D eigenvalue weighted by molar-refractivity contribution is 5.94. The minimum absolute atomic E-state index is 0.0639. The molecule has 3 fully saturated rings. The van der Waals surface area contributed by atoms with Crippen LogP contribution in [0.5, 0.6) is 0 Å². The van der Waals surface area contributed by atoms with Gasteiger partial charge in [0.25, 0.3) is 5.91 Å². The summed E-state index contributed by atoms with van der Waals surface area (Å²) in [5.74, 6) is -0.000214. The fourth-order valence-corrected chi connectivity index (χ4v) is 5.11. The van der Waals surface area contributed by atoms with E-state index in [-0.39, 0.29) is 23.9 Å². The van der Waals surface area contributed by atoms with E-state index in [1.807, 2.05) is 60.0 Å². The Balaban J connectivity index is 1.47. The van der Waals surface area contributed by atoms with Gasteiger partial charge in [-0.1, -0.05) is 30.3 Å². The molecule has 146 valence electrons. The van der Waals surface area contributed by atoms with Crippen molar-refractivity contribution >= 4 is 11.8 Å². The number of hydrogen-bond acceptors (Lipinski definition) is 4. The Morgan fingerprint density at radius 1 is 1.32 bits per heavy atom. The largest absolute Gasteiger partial charge is 0.351 e. The minimum Gasteiger partial charge on any atom is -0.351 e. The third-order valence-corrected chi connectivity index (χ3v) is 6.32. The van der Waals surface area contributed by atoms with E-state index in [9.17, 15) is 9.59 Å². The van der Waals surface area contributed by atoms with E-state index in [1.165, 1.54) is 0 Å². The second-order valence-corrected chi connectivity index (χ2v) is 7.80. The molecule has 28 heavy (non-hydrogen) atoms. The van der Waals surface area contributed by atoms with Crippen LogP contribution in [0.2, 0.25) is 0 Å². The molecule has 4 heterocycles. The number of aryl methyl sites for hydroxylation is 2. The lowest BCUT2D eigenvalue weighted by atomic mass is 10.0. The molecule has 3 aliphatic heterocycles. The molecule has 7 heteroatoms. The average Bonchev–Trinajstić information content (AvgIpc) is 3.42. The molecule has 1 aromatic carbocycles.